The van der Waals surface area contributed by atoms with Gasteiger partial charge in [0.1, 0.15) is 0 Å². The maximum absolute atomic E-state index is 2.50. The lowest BCUT2D eigenvalue weighted by atomic mass is 9.97. The molecule has 0 atom stereocenters. The van der Waals surface area contributed by atoms with E-state index in [1.807, 2.05) is 0 Å². The van der Waals surface area contributed by atoms with Gasteiger partial charge in [-0.05, 0) is 76.9 Å². The summed E-state index contributed by atoms with van der Waals surface area (Å²) in [5.74, 6) is 0. The van der Waals surface area contributed by atoms with Crippen LogP contribution in [0, 0.1) is 0 Å². The zero-order valence-electron chi connectivity index (χ0n) is 34.4. The Labute approximate surface area is 364 Å². The summed E-state index contributed by atoms with van der Waals surface area (Å²) in [7, 11) is 0. The number of fused-ring (bicyclic) bond motifs is 10. The van der Waals surface area contributed by atoms with Crippen LogP contribution in [-0.4, -0.2) is 13.7 Å². The second kappa shape index (κ2) is 14.1. The van der Waals surface area contributed by atoms with E-state index in [1.54, 1.807) is 0 Å². The predicted molar refractivity (Wildman–Crippen MR) is 266 cm³/mol. The first-order chi connectivity index (χ1) is 31.3. The monoisotopic (exact) mass is 801 g/mol. The molecule has 3 aromatic heterocycles. The fourth-order valence-electron chi connectivity index (χ4n) is 10.4. The molecule has 0 saturated carbocycles. The first-order valence-corrected chi connectivity index (χ1v) is 21.7. The molecule has 0 fully saturated rings. The van der Waals surface area contributed by atoms with Crippen molar-refractivity contribution in [2.24, 2.45) is 0 Å². The number of benzene rings is 10. The van der Waals surface area contributed by atoms with Gasteiger partial charge in [-0.2, -0.15) is 0 Å². The SMILES string of the molecule is c1ccc(-c2cccc(-n3c4ccccc4c4ccc5c(c6ccccc6n5-c5ccccc5-c5cccc6c5c5ccccc5n6-c5ccccc5-c5ccccc5)c43)c2)cc1. The van der Waals surface area contributed by atoms with Crippen LogP contribution in [0.5, 0.6) is 0 Å². The van der Waals surface area contributed by atoms with Crippen LogP contribution in [0.25, 0.3) is 116 Å². The average molecular weight is 802 g/mol. The van der Waals surface area contributed by atoms with E-state index in [1.165, 1.54) is 98.8 Å². The molecule has 0 bridgehead atoms. The van der Waals surface area contributed by atoms with E-state index in [0.717, 1.165) is 17.1 Å². The molecule has 13 aromatic rings. The molecule has 13 rings (SSSR count). The van der Waals surface area contributed by atoms with Gasteiger partial charge in [0.15, 0.2) is 0 Å². The molecule has 294 valence electrons. The van der Waals surface area contributed by atoms with Crippen LogP contribution < -0.4 is 0 Å². The fraction of sp³-hybridized carbons (Fsp3) is 0. The summed E-state index contributed by atoms with van der Waals surface area (Å²) in [4.78, 5) is 0. The molecule has 0 aliphatic rings. The zero-order chi connectivity index (χ0) is 41.4. The van der Waals surface area contributed by atoms with E-state index in [9.17, 15) is 0 Å². The van der Waals surface area contributed by atoms with Gasteiger partial charge in [0.2, 0.25) is 0 Å². The lowest BCUT2D eigenvalue weighted by Gasteiger charge is -2.16. The standard InChI is InChI=1S/C60H39N3/c1-3-19-40(20-4-1)42-23-17-24-43(39-42)61-52-32-13-9-27-46(52)48-37-38-57-59(60(48)61)50-29-11-16-35-55(50)63(57)53-33-14-8-26-45(53)47-30-18-36-56-58(47)49-28-10-15-34-54(49)62(56)51-31-12-7-25-44(51)41-21-5-2-6-22-41/h1-39H. The molecule has 3 heterocycles. The molecule has 0 unspecified atom stereocenters. The number of rotatable bonds is 6. The largest absolute Gasteiger partial charge is 0.309 e. The van der Waals surface area contributed by atoms with Crippen molar-refractivity contribution in [3.8, 4) is 50.4 Å². The highest BCUT2D eigenvalue weighted by Crippen LogP contribution is 2.46. The second-order valence-corrected chi connectivity index (χ2v) is 16.4. The summed E-state index contributed by atoms with van der Waals surface area (Å²) < 4.78 is 7.46. The first-order valence-electron chi connectivity index (χ1n) is 21.7. The normalized spacial score (nSPS) is 11.8. The van der Waals surface area contributed by atoms with E-state index in [4.69, 9.17) is 0 Å². The van der Waals surface area contributed by atoms with E-state index >= 15 is 0 Å². The van der Waals surface area contributed by atoms with Crippen LogP contribution in [0.2, 0.25) is 0 Å². The Morgan fingerprint density at radius 2 is 0.714 bits per heavy atom. The van der Waals surface area contributed by atoms with Gasteiger partial charge in [-0.3, -0.25) is 0 Å². The van der Waals surface area contributed by atoms with Crippen LogP contribution in [0.4, 0.5) is 0 Å². The van der Waals surface area contributed by atoms with Gasteiger partial charge in [0.05, 0.1) is 44.5 Å². The summed E-state index contributed by atoms with van der Waals surface area (Å²) in [6.07, 6.45) is 0. The maximum atomic E-state index is 2.50. The van der Waals surface area contributed by atoms with Crippen LogP contribution in [0.1, 0.15) is 0 Å². The van der Waals surface area contributed by atoms with Crippen LogP contribution in [0.15, 0.2) is 237 Å². The summed E-state index contributed by atoms with van der Waals surface area (Å²) in [6, 6.07) is 86.4. The van der Waals surface area contributed by atoms with Crippen molar-refractivity contribution < 1.29 is 0 Å². The summed E-state index contributed by atoms with van der Waals surface area (Å²) >= 11 is 0. The minimum atomic E-state index is 1.14. The zero-order valence-corrected chi connectivity index (χ0v) is 34.4. The Morgan fingerprint density at radius 1 is 0.238 bits per heavy atom. The van der Waals surface area contributed by atoms with Gasteiger partial charge in [0.25, 0.3) is 0 Å². The average Bonchev–Trinajstić information content (AvgIpc) is 4.00. The van der Waals surface area contributed by atoms with Crippen molar-refractivity contribution in [1.29, 1.82) is 0 Å². The van der Waals surface area contributed by atoms with Crippen molar-refractivity contribution in [2.45, 2.75) is 0 Å². The van der Waals surface area contributed by atoms with Crippen LogP contribution in [-0.2, 0) is 0 Å². The molecule has 0 spiro atoms. The third kappa shape index (κ3) is 5.33. The molecule has 0 aliphatic heterocycles. The predicted octanol–water partition coefficient (Wildman–Crippen LogP) is 16.0. The van der Waals surface area contributed by atoms with E-state index < -0.39 is 0 Å². The second-order valence-electron chi connectivity index (χ2n) is 16.4. The molecule has 63 heavy (non-hydrogen) atoms. The molecule has 10 aromatic carbocycles. The van der Waals surface area contributed by atoms with Gasteiger partial charge in [-0.1, -0.05) is 182 Å². The topological polar surface area (TPSA) is 14.8 Å². The van der Waals surface area contributed by atoms with Crippen LogP contribution in [0.3, 0.4) is 0 Å². The quantitative estimate of drug-likeness (QED) is 0.159. The maximum Gasteiger partial charge on any atom is 0.0641 e. The molecule has 0 radical (unpaired) electrons. The number of aromatic nitrogens is 3. The highest BCUT2D eigenvalue weighted by molar-refractivity contribution is 6.26. The van der Waals surface area contributed by atoms with Gasteiger partial charge in [-0.15, -0.1) is 0 Å². The Morgan fingerprint density at radius 3 is 1.43 bits per heavy atom. The number of hydrogen-bond acceptors (Lipinski definition) is 0. The molecule has 0 amide bonds. The van der Waals surface area contributed by atoms with Crippen molar-refractivity contribution >= 4 is 65.4 Å². The van der Waals surface area contributed by atoms with Gasteiger partial charge in [0, 0.05) is 49.1 Å². The smallest absolute Gasteiger partial charge is 0.0641 e. The molecule has 3 heteroatoms. The summed E-state index contributed by atoms with van der Waals surface area (Å²) in [6.45, 7) is 0. The van der Waals surface area contributed by atoms with Gasteiger partial charge in [-0.25, -0.2) is 0 Å². The van der Waals surface area contributed by atoms with Gasteiger partial charge >= 0.3 is 0 Å². The molecular weight excluding hydrogens is 763 g/mol. The van der Waals surface area contributed by atoms with Crippen LogP contribution >= 0.6 is 0 Å². The third-order valence-electron chi connectivity index (χ3n) is 13.0. The van der Waals surface area contributed by atoms with Crippen molar-refractivity contribution in [3.05, 3.63) is 237 Å². The Hall–Kier alpha value is -8.40. The Balaban J connectivity index is 1.09. The van der Waals surface area contributed by atoms with E-state index in [0.29, 0.717) is 0 Å². The summed E-state index contributed by atoms with van der Waals surface area (Å²) in [5, 5.41) is 7.42. The summed E-state index contributed by atoms with van der Waals surface area (Å²) in [5.41, 5.74) is 17.8. The minimum absolute atomic E-state index is 1.14. The van der Waals surface area contributed by atoms with E-state index in [-0.39, 0.29) is 0 Å². The molecule has 0 N–H and O–H groups in total. The van der Waals surface area contributed by atoms with Crippen molar-refractivity contribution in [3.63, 3.8) is 0 Å². The Bertz CT molecular complexity index is 3900. The van der Waals surface area contributed by atoms with Crippen molar-refractivity contribution in [2.75, 3.05) is 0 Å². The highest BCUT2D eigenvalue weighted by Gasteiger charge is 2.24. The van der Waals surface area contributed by atoms with Crippen molar-refractivity contribution in [1.82, 2.24) is 13.7 Å². The minimum Gasteiger partial charge on any atom is -0.309 e. The lowest BCUT2D eigenvalue weighted by molar-refractivity contribution is 1.17. The molecule has 0 aliphatic carbocycles. The fourth-order valence-corrected chi connectivity index (χ4v) is 10.4. The number of para-hydroxylation sites is 5. The molecule has 3 nitrogen and oxygen atoms in total. The molecular formula is C60H39N3. The number of hydrogen-bond donors (Lipinski definition) is 0. The van der Waals surface area contributed by atoms with E-state index in [2.05, 4.69) is 250 Å². The lowest BCUT2D eigenvalue weighted by Crippen LogP contribution is -1.98. The first kappa shape index (κ1) is 35.4. The third-order valence-corrected chi connectivity index (χ3v) is 13.0. The molecule has 0 saturated heterocycles. The highest BCUT2D eigenvalue weighted by atomic mass is 15.0. The Kier molecular flexibility index (Phi) is 7.91. The number of nitrogens with zero attached hydrogens (tertiary/aromatic N) is 3. The van der Waals surface area contributed by atoms with Gasteiger partial charge < -0.3 is 13.7 Å².